The van der Waals surface area contributed by atoms with E-state index in [0.29, 0.717) is 17.8 Å². The quantitative estimate of drug-likeness (QED) is 0.326. The van der Waals surface area contributed by atoms with Crippen LogP contribution in [0.25, 0.3) is 22.6 Å². The summed E-state index contributed by atoms with van der Waals surface area (Å²) in [6, 6.07) is 12.9. The number of alkyl halides is 3. The molecule has 176 valence electrons. The van der Waals surface area contributed by atoms with Gasteiger partial charge in [-0.15, -0.1) is 0 Å². The highest BCUT2D eigenvalue weighted by Gasteiger charge is 2.34. The van der Waals surface area contributed by atoms with E-state index in [4.69, 9.17) is 0 Å². The van der Waals surface area contributed by atoms with E-state index < -0.39 is 23.5 Å². The number of nitrogens with one attached hydrogen (secondary N) is 1. The molecule has 0 saturated heterocycles. The fraction of sp³-hybridized carbons (Fsp3) is 0.0800. The standard InChI is InChI=1S/C25H17F4N5O/c1-15-4-6-18(31-24(35)16-5-7-20(26)19(11-16)25(27,28)29)12-22(15)33-9-10-34-23(33)13-21(32-34)17-3-2-8-30-14-17/h2-14H,1H3,(H,31,35). The summed E-state index contributed by atoms with van der Waals surface area (Å²) < 4.78 is 56.3. The summed E-state index contributed by atoms with van der Waals surface area (Å²) >= 11 is 0. The Kier molecular flexibility index (Phi) is 5.35. The van der Waals surface area contributed by atoms with E-state index >= 15 is 0 Å². The highest BCUT2D eigenvalue weighted by molar-refractivity contribution is 6.04. The van der Waals surface area contributed by atoms with Gasteiger partial charge >= 0.3 is 6.18 Å². The second-order valence-electron chi connectivity index (χ2n) is 7.89. The molecule has 10 heteroatoms. The van der Waals surface area contributed by atoms with Gasteiger partial charge in [-0.05, 0) is 55.0 Å². The highest BCUT2D eigenvalue weighted by atomic mass is 19.4. The Hall–Kier alpha value is -4.47. The lowest BCUT2D eigenvalue weighted by Crippen LogP contribution is -2.15. The predicted molar refractivity (Wildman–Crippen MR) is 122 cm³/mol. The fourth-order valence-electron chi connectivity index (χ4n) is 3.77. The average molecular weight is 479 g/mol. The number of imidazole rings is 1. The number of hydrogen-bond acceptors (Lipinski definition) is 3. The zero-order valence-electron chi connectivity index (χ0n) is 18.2. The number of anilines is 1. The van der Waals surface area contributed by atoms with Gasteiger partial charge in [-0.3, -0.25) is 14.3 Å². The Morgan fingerprint density at radius 2 is 1.86 bits per heavy atom. The minimum Gasteiger partial charge on any atom is -0.322 e. The number of pyridine rings is 1. The van der Waals surface area contributed by atoms with E-state index in [9.17, 15) is 22.4 Å². The van der Waals surface area contributed by atoms with Crippen LogP contribution in [0.1, 0.15) is 21.5 Å². The van der Waals surface area contributed by atoms with Crippen molar-refractivity contribution in [1.29, 1.82) is 0 Å². The maximum absolute atomic E-state index is 13.6. The third kappa shape index (κ3) is 4.25. The number of hydrogen-bond donors (Lipinski definition) is 1. The van der Waals surface area contributed by atoms with Crippen molar-refractivity contribution < 1.29 is 22.4 Å². The lowest BCUT2D eigenvalue weighted by Gasteiger charge is -2.13. The number of carbonyl (C=O) groups excluding carboxylic acids is 1. The summed E-state index contributed by atoms with van der Waals surface area (Å²) in [6.07, 6.45) is 2.10. The molecule has 0 aliphatic rings. The SMILES string of the molecule is Cc1ccc(NC(=O)c2ccc(F)c(C(F)(F)F)c2)cc1-n1ccn2nc(-c3cccnc3)cc12. The molecule has 5 aromatic rings. The van der Waals surface area contributed by atoms with Gasteiger partial charge < -0.3 is 5.32 Å². The summed E-state index contributed by atoms with van der Waals surface area (Å²) in [6.45, 7) is 1.89. The van der Waals surface area contributed by atoms with Crippen molar-refractivity contribution >= 4 is 17.2 Å². The monoisotopic (exact) mass is 479 g/mol. The lowest BCUT2D eigenvalue weighted by molar-refractivity contribution is -0.140. The van der Waals surface area contributed by atoms with E-state index in [0.717, 1.165) is 34.2 Å². The second kappa shape index (κ2) is 8.39. The highest BCUT2D eigenvalue weighted by Crippen LogP contribution is 2.32. The minimum absolute atomic E-state index is 0.305. The van der Waals surface area contributed by atoms with Crippen LogP contribution in [-0.2, 0) is 6.18 Å². The van der Waals surface area contributed by atoms with Crippen LogP contribution in [0, 0.1) is 12.7 Å². The molecule has 0 radical (unpaired) electrons. The molecule has 3 aromatic heterocycles. The number of carbonyl (C=O) groups is 1. The Labute approximate surface area is 196 Å². The maximum atomic E-state index is 13.6. The van der Waals surface area contributed by atoms with Crippen LogP contribution in [0.3, 0.4) is 0 Å². The molecule has 35 heavy (non-hydrogen) atoms. The molecule has 1 amide bonds. The van der Waals surface area contributed by atoms with Crippen LogP contribution in [0.4, 0.5) is 23.2 Å². The first-order valence-electron chi connectivity index (χ1n) is 10.5. The van der Waals surface area contributed by atoms with E-state index in [1.54, 1.807) is 41.3 Å². The molecule has 0 atom stereocenters. The van der Waals surface area contributed by atoms with Crippen molar-refractivity contribution in [3.63, 3.8) is 0 Å². The van der Waals surface area contributed by atoms with Gasteiger partial charge in [0, 0.05) is 47.7 Å². The molecule has 0 saturated carbocycles. The predicted octanol–water partition coefficient (Wildman–Crippen LogP) is 5.91. The van der Waals surface area contributed by atoms with E-state index in [-0.39, 0.29) is 5.56 Å². The number of benzene rings is 2. The third-order valence-electron chi connectivity index (χ3n) is 5.54. The molecule has 3 heterocycles. The van der Waals surface area contributed by atoms with Gasteiger partial charge in [0.05, 0.1) is 16.9 Å². The van der Waals surface area contributed by atoms with Crippen molar-refractivity contribution in [1.82, 2.24) is 19.2 Å². The normalized spacial score (nSPS) is 11.7. The van der Waals surface area contributed by atoms with Crippen LogP contribution in [0.2, 0.25) is 0 Å². The Morgan fingerprint density at radius 1 is 1.03 bits per heavy atom. The average Bonchev–Trinajstić information content (AvgIpc) is 3.42. The van der Waals surface area contributed by atoms with E-state index in [1.165, 1.54) is 0 Å². The minimum atomic E-state index is -4.91. The van der Waals surface area contributed by atoms with Crippen molar-refractivity contribution in [2.45, 2.75) is 13.1 Å². The first-order chi connectivity index (χ1) is 16.7. The van der Waals surface area contributed by atoms with E-state index in [1.807, 2.05) is 35.9 Å². The number of aromatic nitrogens is 4. The van der Waals surface area contributed by atoms with Crippen molar-refractivity contribution in [3.8, 4) is 16.9 Å². The number of halogens is 4. The van der Waals surface area contributed by atoms with Gasteiger partial charge in [0.15, 0.2) is 0 Å². The van der Waals surface area contributed by atoms with Crippen LogP contribution < -0.4 is 5.32 Å². The van der Waals surface area contributed by atoms with Gasteiger partial charge in [0.2, 0.25) is 0 Å². The summed E-state index contributed by atoms with van der Waals surface area (Å²) in [4.78, 5) is 16.8. The van der Waals surface area contributed by atoms with Crippen LogP contribution in [0.15, 0.2) is 79.4 Å². The largest absolute Gasteiger partial charge is 0.419 e. The van der Waals surface area contributed by atoms with Crippen molar-refractivity contribution in [2.24, 2.45) is 0 Å². The maximum Gasteiger partial charge on any atom is 0.419 e. The molecule has 6 nitrogen and oxygen atoms in total. The molecule has 1 N–H and O–H groups in total. The zero-order valence-corrected chi connectivity index (χ0v) is 18.2. The number of rotatable bonds is 4. The number of aryl methyl sites for hydroxylation is 1. The molecule has 5 rings (SSSR count). The summed E-state index contributed by atoms with van der Waals surface area (Å²) in [5, 5.41) is 7.16. The van der Waals surface area contributed by atoms with E-state index in [2.05, 4.69) is 15.4 Å². The Balaban J connectivity index is 1.47. The number of fused-ring (bicyclic) bond motifs is 1. The Morgan fingerprint density at radius 3 is 2.60 bits per heavy atom. The second-order valence-corrected chi connectivity index (χ2v) is 7.89. The molecule has 0 spiro atoms. The molecule has 0 aliphatic carbocycles. The molecular weight excluding hydrogens is 462 g/mol. The summed E-state index contributed by atoms with van der Waals surface area (Å²) in [5.41, 5.74) is 2.57. The number of nitrogens with zero attached hydrogens (tertiary/aromatic N) is 4. The number of amides is 1. The molecule has 0 bridgehead atoms. The van der Waals surface area contributed by atoms with Crippen LogP contribution >= 0.6 is 0 Å². The molecule has 0 aliphatic heterocycles. The smallest absolute Gasteiger partial charge is 0.322 e. The topological polar surface area (TPSA) is 64.2 Å². The summed E-state index contributed by atoms with van der Waals surface area (Å²) in [7, 11) is 0. The molecular formula is C25H17F4N5O. The molecule has 0 unspecified atom stereocenters. The Bertz CT molecular complexity index is 1550. The van der Waals surface area contributed by atoms with Crippen LogP contribution in [0.5, 0.6) is 0 Å². The molecule has 0 fully saturated rings. The zero-order chi connectivity index (χ0) is 24.7. The fourth-order valence-corrected chi connectivity index (χ4v) is 3.77. The van der Waals surface area contributed by atoms with Gasteiger partial charge in [0.1, 0.15) is 11.5 Å². The van der Waals surface area contributed by atoms with Gasteiger partial charge in [-0.2, -0.15) is 18.3 Å². The van der Waals surface area contributed by atoms with Crippen molar-refractivity contribution in [3.05, 3.63) is 102 Å². The lowest BCUT2D eigenvalue weighted by atomic mass is 10.1. The first-order valence-corrected chi connectivity index (χ1v) is 10.5. The van der Waals surface area contributed by atoms with Gasteiger partial charge in [-0.1, -0.05) is 6.07 Å². The van der Waals surface area contributed by atoms with Crippen molar-refractivity contribution in [2.75, 3.05) is 5.32 Å². The first kappa shape index (κ1) is 22.3. The molecule has 2 aromatic carbocycles. The summed E-state index contributed by atoms with van der Waals surface area (Å²) in [5.74, 6) is -2.22. The third-order valence-corrected chi connectivity index (χ3v) is 5.54. The van der Waals surface area contributed by atoms with Crippen LogP contribution in [-0.4, -0.2) is 25.1 Å². The van der Waals surface area contributed by atoms with Gasteiger partial charge in [-0.25, -0.2) is 8.91 Å². The van der Waals surface area contributed by atoms with Gasteiger partial charge in [0.25, 0.3) is 5.91 Å².